The Morgan fingerprint density at radius 3 is 2.84 bits per heavy atom. The molecule has 0 saturated heterocycles. The van der Waals surface area contributed by atoms with Crippen molar-refractivity contribution < 1.29 is 9.52 Å². The van der Waals surface area contributed by atoms with Gasteiger partial charge in [-0.3, -0.25) is 4.98 Å². The number of hydrogen-bond donors (Lipinski definition) is 2. The molecule has 0 bridgehead atoms. The second kappa shape index (κ2) is 4.40. The van der Waals surface area contributed by atoms with Gasteiger partial charge in [-0.05, 0) is 19.1 Å². The van der Waals surface area contributed by atoms with Gasteiger partial charge in [0.2, 0.25) is 0 Å². The van der Waals surface area contributed by atoms with E-state index in [4.69, 9.17) is 10.2 Å². The van der Waals surface area contributed by atoms with Gasteiger partial charge in [0.15, 0.2) is 0 Å². The van der Waals surface area contributed by atoms with E-state index in [1.165, 1.54) is 0 Å². The fourth-order valence-corrected chi connectivity index (χ4v) is 2.33. The number of aliphatic hydroxyl groups is 1. The van der Waals surface area contributed by atoms with Crippen molar-refractivity contribution in [2.45, 2.75) is 13.0 Å². The van der Waals surface area contributed by atoms with Crippen LogP contribution in [0.5, 0.6) is 0 Å². The minimum Gasteiger partial charge on any atom is -0.461 e. The highest BCUT2D eigenvalue weighted by Crippen LogP contribution is 2.35. The highest BCUT2D eigenvalue weighted by atomic mass is 16.3. The summed E-state index contributed by atoms with van der Waals surface area (Å²) in [5.41, 5.74) is 8.51. The van der Waals surface area contributed by atoms with E-state index in [9.17, 15) is 5.11 Å². The molecule has 0 aliphatic rings. The summed E-state index contributed by atoms with van der Waals surface area (Å²) >= 11 is 0. The number of nitrogens with zero attached hydrogens (tertiary/aromatic N) is 1. The van der Waals surface area contributed by atoms with Crippen molar-refractivity contribution >= 4 is 16.7 Å². The van der Waals surface area contributed by atoms with Gasteiger partial charge in [0.05, 0.1) is 0 Å². The summed E-state index contributed by atoms with van der Waals surface area (Å²) in [7, 11) is 0. The van der Waals surface area contributed by atoms with Crippen LogP contribution in [0.4, 0.5) is 5.69 Å². The van der Waals surface area contributed by atoms with Crippen molar-refractivity contribution in [2.75, 3.05) is 5.73 Å². The molecular formula is C15H14N2O2. The Bertz CT molecular complexity index is 734. The number of nitrogen functional groups attached to an aromatic ring is 1. The number of hydrogen-bond acceptors (Lipinski definition) is 4. The fraction of sp³-hybridized carbons (Fsp3) is 0.133. The topological polar surface area (TPSA) is 72.3 Å². The molecule has 0 aliphatic heterocycles. The first-order valence-electron chi connectivity index (χ1n) is 6.04. The number of para-hydroxylation sites is 1. The molecule has 3 rings (SSSR count). The number of aryl methyl sites for hydroxylation is 1. The van der Waals surface area contributed by atoms with Gasteiger partial charge in [-0.15, -0.1) is 0 Å². The lowest BCUT2D eigenvalue weighted by atomic mass is 9.99. The zero-order chi connectivity index (χ0) is 13.4. The van der Waals surface area contributed by atoms with Crippen LogP contribution in [0.3, 0.4) is 0 Å². The molecule has 0 fully saturated rings. The van der Waals surface area contributed by atoms with Crippen LogP contribution in [-0.4, -0.2) is 10.1 Å². The minimum atomic E-state index is -0.836. The molecule has 0 aliphatic carbocycles. The third kappa shape index (κ3) is 1.86. The van der Waals surface area contributed by atoms with Gasteiger partial charge >= 0.3 is 0 Å². The van der Waals surface area contributed by atoms with E-state index in [1.807, 2.05) is 31.2 Å². The van der Waals surface area contributed by atoms with Crippen LogP contribution in [0.1, 0.15) is 23.0 Å². The van der Waals surface area contributed by atoms with E-state index in [-0.39, 0.29) is 0 Å². The molecule has 0 radical (unpaired) electrons. The predicted octanol–water partition coefficient (Wildman–Crippen LogP) is 2.80. The molecule has 0 amide bonds. The zero-order valence-electron chi connectivity index (χ0n) is 10.5. The first kappa shape index (κ1) is 11.7. The molecular weight excluding hydrogens is 240 g/mol. The van der Waals surface area contributed by atoms with Crippen LogP contribution in [0.15, 0.2) is 47.1 Å². The molecule has 96 valence electrons. The Kier molecular flexibility index (Phi) is 2.72. The number of aromatic nitrogens is 1. The second-order valence-corrected chi connectivity index (χ2v) is 4.48. The monoisotopic (exact) mass is 254 g/mol. The van der Waals surface area contributed by atoms with Crippen molar-refractivity contribution in [3.63, 3.8) is 0 Å². The summed E-state index contributed by atoms with van der Waals surface area (Å²) in [6.45, 7) is 1.84. The van der Waals surface area contributed by atoms with E-state index in [2.05, 4.69) is 4.98 Å². The lowest BCUT2D eigenvalue weighted by Crippen LogP contribution is -2.05. The van der Waals surface area contributed by atoms with Crippen molar-refractivity contribution in [1.29, 1.82) is 0 Å². The number of nitrogens with two attached hydrogens (primary N) is 1. The molecule has 1 aromatic carbocycles. The summed E-state index contributed by atoms with van der Waals surface area (Å²) < 4.78 is 5.66. The lowest BCUT2D eigenvalue weighted by molar-refractivity contribution is 0.219. The average Bonchev–Trinajstić information content (AvgIpc) is 2.74. The van der Waals surface area contributed by atoms with Crippen molar-refractivity contribution in [3.05, 3.63) is 59.6 Å². The van der Waals surface area contributed by atoms with Crippen LogP contribution >= 0.6 is 0 Å². The molecule has 19 heavy (non-hydrogen) atoms. The predicted molar refractivity (Wildman–Crippen MR) is 73.7 cm³/mol. The van der Waals surface area contributed by atoms with E-state index in [1.54, 1.807) is 18.5 Å². The van der Waals surface area contributed by atoms with E-state index in [0.29, 0.717) is 17.0 Å². The van der Waals surface area contributed by atoms with Gasteiger partial charge in [0, 0.05) is 34.6 Å². The number of furan rings is 1. The molecule has 2 aromatic heterocycles. The average molecular weight is 254 g/mol. The number of rotatable bonds is 2. The van der Waals surface area contributed by atoms with Crippen LogP contribution in [0.25, 0.3) is 11.0 Å². The minimum absolute atomic E-state index is 0.521. The summed E-state index contributed by atoms with van der Waals surface area (Å²) in [5, 5.41) is 11.5. The number of anilines is 1. The van der Waals surface area contributed by atoms with Crippen LogP contribution in [0.2, 0.25) is 0 Å². The zero-order valence-corrected chi connectivity index (χ0v) is 10.5. The molecule has 1 unspecified atom stereocenters. The Morgan fingerprint density at radius 1 is 1.26 bits per heavy atom. The third-order valence-corrected chi connectivity index (χ3v) is 3.27. The summed E-state index contributed by atoms with van der Waals surface area (Å²) in [6, 6.07) is 9.30. The van der Waals surface area contributed by atoms with Gasteiger partial charge in [-0.2, -0.15) is 0 Å². The third-order valence-electron chi connectivity index (χ3n) is 3.27. The van der Waals surface area contributed by atoms with Crippen LogP contribution in [0, 0.1) is 6.92 Å². The standard InChI is InChI=1S/C15H14N2O2/c1-9-14(10-4-2-3-5-13(10)19-9)15(18)11-8-17-7-6-12(11)16/h2-8,15,18H,1H3,(H2,16,17). The Labute approximate surface area is 110 Å². The van der Waals surface area contributed by atoms with Crippen LogP contribution in [-0.2, 0) is 0 Å². The molecule has 0 spiro atoms. The van der Waals surface area contributed by atoms with Crippen LogP contribution < -0.4 is 5.73 Å². The Morgan fingerprint density at radius 2 is 2.05 bits per heavy atom. The van der Waals surface area contributed by atoms with Crippen molar-refractivity contribution in [3.8, 4) is 0 Å². The summed E-state index contributed by atoms with van der Waals surface area (Å²) in [6.07, 6.45) is 2.35. The SMILES string of the molecule is Cc1oc2ccccc2c1C(O)c1cnccc1N. The maximum absolute atomic E-state index is 10.6. The molecule has 2 heterocycles. The molecule has 1 atom stereocenters. The molecule has 4 heteroatoms. The largest absolute Gasteiger partial charge is 0.461 e. The highest BCUT2D eigenvalue weighted by Gasteiger charge is 2.21. The maximum Gasteiger partial charge on any atom is 0.134 e. The summed E-state index contributed by atoms with van der Waals surface area (Å²) in [4.78, 5) is 4.02. The second-order valence-electron chi connectivity index (χ2n) is 4.48. The van der Waals surface area contributed by atoms with Gasteiger partial charge in [-0.1, -0.05) is 18.2 Å². The van der Waals surface area contributed by atoms with Gasteiger partial charge in [0.25, 0.3) is 0 Å². The van der Waals surface area contributed by atoms with E-state index >= 15 is 0 Å². The molecule has 4 nitrogen and oxygen atoms in total. The Hall–Kier alpha value is -2.33. The van der Waals surface area contributed by atoms with Gasteiger partial charge in [-0.25, -0.2) is 0 Å². The van der Waals surface area contributed by atoms with E-state index in [0.717, 1.165) is 16.5 Å². The van der Waals surface area contributed by atoms with Gasteiger partial charge < -0.3 is 15.3 Å². The fourth-order valence-electron chi connectivity index (χ4n) is 2.33. The van der Waals surface area contributed by atoms with Crippen molar-refractivity contribution in [1.82, 2.24) is 4.98 Å². The molecule has 3 aromatic rings. The molecule has 3 N–H and O–H groups in total. The van der Waals surface area contributed by atoms with E-state index < -0.39 is 6.10 Å². The number of benzene rings is 1. The number of pyridine rings is 1. The van der Waals surface area contributed by atoms with Crippen molar-refractivity contribution in [2.24, 2.45) is 0 Å². The first-order valence-corrected chi connectivity index (χ1v) is 6.04. The number of fused-ring (bicyclic) bond motifs is 1. The van der Waals surface area contributed by atoms with Gasteiger partial charge in [0.1, 0.15) is 17.4 Å². The quantitative estimate of drug-likeness (QED) is 0.737. The summed E-state index contributed by atoms with van der Waals surface area (Å²) in [5.74, 6) is 0.692. The Balaban J connectivity index is 2.19. The first-order chi connectivity index (χ1) is 9.18. The normalized spacial score (nSPS) is 12.7. The highest BCUT2D eigenvalue weighted by molar-refractivity contribution is 5.83. The molecule has 0 saturated carbocycles. The lowest BCUT2D eigenvalue weighted by Gasteiger charge is -2.12. The maximum atomic E-state index is 10.6. The number of aliphatic hydroxyl groups excluding tert-OH is 1. The smallest absolute Gasteiger partial charge is 0.134 e.